The molecule has 0 spiro atoms. The molecule has 0 unspecified atom stereocenters. The maximum Gasteiger partial charge on any atom is 0.244 e. The number of alkyl halides is 1. The summed E-state index contributed by atoms with van der Waals surface area (Å²) in [6.45, 7) is 2.94. The number of rotatable bonds is 6. The van der Waals surface area contributed by atoms with Crippen molar-refractivity contribution in [3.63, 3.8) is 0 Å². The first-order valence-corrected chi connectivity index (χ1v) is 8.56. The average molecular weight is 328 g/mol. The molecule has 0 saturated carbocycles. The second kappa shape index (κ2) is 6.60. The summed E-state index contributed by atoms with van der Waals surface area (Å²) >= 11 is 5.85. The molecule has 2 aromatic rings. The molecule has 0 aliphatic rings. The van der Waals surface area contributed by atoms with E-state index in [1.165, 1.54) is 4.31 Å². The zero-order chi connectivity index (χ0) is 15.5. The number of pyridine rings is 1. The number of hydrogen-bond acceptors (Lipinski definition) is 3. The van der Waals surface area contributed by atoms with Crippen LogP contribution in [0, 0.1) is 0 Å². The van der Waals surface area contributed by atoms with Crippen LogP contribution in [0.2, 0.25) is 0 Å². The molecule has 0 fully saturated rings. The van der Waals surface area contributed by atoms with Gasteiger partial charge in [0.1, 0.15) is 4.90 Å². The summed E-state index contributed by atoms with van der Waals surface area (Å²) in [6, 6.07) is 5.23. The van der Waals surface area contributed by atoms with Crippen molar-refractivity contribution in [2.45, 2.75) is 30.8 Å². The molecule has 0 aliphatic heterocycles. The third kappa shape index (κ3) is 3.45. The molecule has 0 bridgehead atoms. The van der Waals surface area contributed by atoms with Gasteiger partial charge < -0.3 is 4.57 Å². The van der Waals surface area contributed by atoms with Crippen molar-refractivity contribution in [1.29, 1.82) is 0 Å². The Hall–Kier alpha value is -1.37. The van der Waals surface area contributed by atoms with Gasteiger partial charge in [0.25, 0.3) is 0 Å². The Morgan fingerprint density at radius 1 is 1.33 bits per heavy atom. The first-order valence-electron chi connectivity index (χ1n) is 6.59. The Morgan fingerprint density at radius 3 is 2.52 bits per heavy atom. The fourth-order valence-corrected chi connectivity index (χ4v) is 3.54. The first kappa shape index (κ1) is 16.0. The van der Waals surface area contributed by atoms with Crippen LogP contribution in [0.5, 0.6) is 0 Å². The third-order valence-electron chi connectivity index (χ3n) is 3.30. The molecule has 2 aromatic heterocycles. The molecule has 0 radical (unpaired) electrons. The van der Waals surface area contributed by atoms with E-state index in [0.717, 1.165) is 11.3 Å². The standard InChI is InChI=1S/C14H18ClN3O2S/c1-3-18-11-14(8-13(18)9-15)21(19,20)17(2)10-12-4-6-16-7-5-12/h4-8,11H,3,9-10H2,1-2H3. The minimum absolute atomic E-state index is 0.275. The molecule has 114 valence electrons. The number of hydrogen-bond donors (Lipinski definition) is 0. The minimum atomic E-state index is -3.53. The molecule has 5 nitrogen and oxygen atoms in total. The highest BCUT2D eigenvalue weighted by Crippen LogP contribution is 2.20. The SMILES string of the molecule is CCn1cc(S(=O)(=O)N(C)Cc2ccncc2)cc1CCl. The monoisotopic (exact) mass is 327 g/mol. The van der Waals surface area contributed by atoms with Gasteiger partial charge in [0.15, 0.2) is 0 Å². The summed E-state index contributed by atoms with van der Waals surface area (Å²) in [7, 11) is -1.96. The smallest absolute Gasteiger partial charge is 0.244 e. The highest BCUT2D eigenvalue weighted by Gasteiger charge is 2.23. The molecule has 7 heteroatoms. The number of nitrogens with zero attached hydrogens (tertiary/aromatic N) is 3. The third-order valence-corrected chi connectivity index (χ3v) is 5.34. The second-order valence-corrected chi connectivity index (χ2v) is 7.02. The molecular weight excluding hydrogens is 310 g/mol. The van der Waals surface area contributed by atoms with Crippen LogP contribution >= 0.6 is 11.6 Å². The van der Waals surface area contributed by atoms with Crippen molar-refractivity contribution in [2.75, 3.05) is 7.05 Å². The van der Waals surface area contributed by atoms with Gasteiger partial charge in [-0.1, -0.05) is 0 Å². The number of sulfonamides is 1. The largest absolute Gasteiger partial charge is 0.349 e. The van der Waals surface area contributed by atoms with Crippen LogP contribution in [-0.4, -0.2) is 29.3 Å². The van der Waals surface area contributed by atoms with Crippen molar-refractivity contribution < 1.29 is 8.42 Å². The molecule has 0 aromatic carbocycles. The highest BCUT2D eigenvalue weighted by molar-refractivity contribution is 7.89. The van der Waals surface area contributed by atoms with E-state index in [1.807, 2.05) is 11.5 Å². The topological polar surface area (TPSA) is 55.2 Å². The van der Waals surface area contributed by atoms with E-state index >= 15 is 0 Å². The predicted molar refractivity (Wildman–Crippen MR) is 82.6 cm³/mol. The predicted octanol–water partition coefficient (Wildman–Crippen LogP) is 2.46. The van der Waals surface area contributed by atoms with Gasteiger partial charge in [0, 0.05) is 44.4 Å². The summed E-state index contributed by atoms with van der Waals surface area (Å²) in [5.41, 5.74) is 1.69. The van der Waals surface area contributed by atoms with Crippen LogP contribution in [0.15, 0.2) is 41.7 Å². The molecule has 0 amide bonds. The van der Waals surface area contributed by atoms with Gasteiger partial charge in [-0.25, -0.2) is 8.42 Å². The normalized spacial score (nSPS) is 12.0. The van der Waals surface area contributed by atoms with E-state index in [1.54, 1.807) is 43.8 Å². The average Bonchev–Trinajstić information content (AvgIpc) is 2.92. The maximum absolute atomic E-state index is 12.6. The Morgan fingerprint density at radius 2 is 2.00 bits per heavy atom. The van der Waals surface area contributed by atoms with Gasteiger partial charge in [0.05, 0.1) is 5.88 Å². The Bertz CT molecular complexity index is 677. The van der Waals surface area contributed by atoms with Gasteiger partial charge in [-0.2, -0.15) is 4.31 Å². The molecule has 2 rings (SSSR count). The number of halogens is 1. The zero-order valence-corrected chi connectivity index (χ0v) is 13.6. The molecule has 2 heterocycles. The highest BCUT2D eigenvalue weighted by atomic mass is 35.5. The van der Waals surface area contributed by atoms with E-state index < -0.39 is 10.0 Å². The Kier molecular flexibility index (Phi) is 5.03. The lowest BCUT2D eigenvalue weighted by Gasteiger charge is -2.16. The Labute approximate surface area is 130 Å². The van der Waals surface area contributed by atoms with Crippen molar-refractivity contribution in [2.24, 2.45) is 0 Å². The summed E-state index contributed by atoms with van der Waals surface area (Å²) < 4.78 is 28.4. The molecule has 0 saturated heterocycles. The van der Waals surface area contributed by atoms with Crippen LogP contribution in [0.25, 0.3) is 0 Å². The van der Waals surface area contributed by atoms with Crippen LogP contribution in [0.1, 0.15) is 18.2 Å². The summed E-state index contributed by atoms with van der Waals surface area (Å²) in [4.78, 5) is 4.20. The minimum Gasteiger partial charge on any atom is -0.349 e. The fourth-order valence-electron chi connectivity index (χ4n) is 2.08. The summed E-state index contributed by atoms with van der Waals surface area (Å²) in [5, 5.41) is 0. The fraction of sp³-hybridized carbons (Fsp3) is 0.357. The van der Waals surface area contributed by atoms with E-state index in [-0.39, 0.29) is 10.8 Å². The molecule has 0 atom stereocenters. The Balaban J connectivity index is 2.26. The number of aryl methyl sites for hydroxylation is 1. The van der Waals surface area contributed by atoms with Crippen LogP contribution < -0.4 is 0 Å². The summed E-state index contributed by atoms with van der Waals surface area (Å²) in [5.74, 6) is 0.289. The van der Waals surface area contributed by atoms with Crippen molar-refractivity contribution in [1.82, 2.24) is 13.9 Å². The lowest BCUT2D eigenvalue weighted by atomic mass is 10.3. The summed E-state index contributed by atoms with van der Waals surface area (Å²) in [6.07, 6.45) is 4.93. The van der Waals surface area contributed by atoms with Crippen LogP contribution in [0.3, 0.4) is 0 Å². The van der Waals surface area contributed by atoms with Crippen LogP contribution in [-0.2, 0) is 29.0 Å². The van der Waals surface area contributed by atoms with Crippen molar-refractivity contribution in [3.8, 4) is 0 Å². The maximum atomic E-state index is 12.6. The molecule has 0 N–H and O–H groups in total. The molecule has 0 aliphatic carbocycles. The van der Waals surface area contributed by atoms with Crippen molar-refractivity contribution in [3.05, 3.63) is 48.0 Å². The van der Waals surface area contributed by atoms with Gasteiger partial charge in [-0.3, -0.25) is 4.98 Å². The van der Waals surface area contributed by atoms with Gasteiger partial charge >= 0.3 is 0 Å². The van der Waals surface area contributed by atoms with Gasteiger partial charge in [-0.05, 0) is 30.7 Å². The molecular formula is C14H18ClN3O2S. The lowest BCUT2D eigenvalue weighted by Crippen LogP contribution is -2.26. The van der Waals surface area contributed by atoms with Crippen LogP contribution in [0.4, 0.5) is 0 Å². The molecule has 21 heavy (non-hydrogen) atoms. The van der Waals surface area contributed by atoms with Gasteiger partial charge in [-0.15, -0.1) is 11.6 Å². The van der Waals surface area contributed by atoms with Crippen molar-refractivity contribution >= 4 is 21.6 Å². The van der Waals surface area contributed by atoms with E-state index in [2.05, 4.69) is 4.98 Å². The first-order chi connectivity index (χ1) is 9.98. The van der Waals surface area contributed by atoms with E-state index in [4.69, 9.17) is 11.6 Å². The van der Waals surface area contributed by atoms with E-state index in [0.29, 0.717) is 13.1 Å². The lowest BCUT2D eigenvalue weighted by molar-refractivity contribution is 0.466. The quantitative estimate of drug-likeness (QED) is 0.766. The number of aromatic nitrogens is 2. The zero-order valence-electron chi connectivity index (χ0n) is 12.0. The van der Waals surface area contributed by atoms with Gasteiger partial charge in [0.2, 0.25) is 10.0 Å². The second-order valence-electron chi connectivity index (χ2n) is 4.70. The van der Waals surface area contributed by atoms with E-state index in [9.17, 15) is 8.42 Å².